The molecule has 2 aliphatic heterocycles. The molecule has 1 fully saturated rings. The summed E-state index contributed by atoms with van der Waals surface area (Å²) in [6.45, 7) is 1.66. The zero-order chi connectivity index (χ0) is 13.8. The number of ether oxygens (including phenoxy) is 2. The van der Waals surface area contributed by atoms with Crippen LogP contribution in [0.25, 0.3) is 0 Å². The molecule has 1 unspecified atom stereocenters. The van der Waals surface area contributed by atoms with E-state index in [1.165, 1.54) is 23.1 Å². The standard InChI is InChI=1S/C11H8F2N2O3S/c1-5-9(16)15(10(19)14-5)6-2-3-7-8(4-6)18-11(12,13)17-7/h2-5H,1H3,(H,14,19). The van der Waals surface area contributed by atoms with Gasteiger partial charge in [0.1, 0.15) is 6.04 Å². The number of alkyl halides is 2. The zero-order valence-corrected chi connectivity index (χ0v) is 10.5. The predicted octanol–water partition coefficient (Wildman–Crippen LogP) is 1.62. The minimum atomic E-state index is -3.68. The van der Waals surface area contributed by atoms with Gasteiger partial charge < -0.3 is 14.8 Å². The van der Waals surface area contributed by atoms with E-state index in [1.54, 1.807) is 6.92 Å². The first-order valence-corrected chi connectivity index (χ1v) is 5.82. The summed E-state index contributed by atoms with van der Waals surface area (Å²) in [5.41, 5.74) is 0.354. The molecule has 0 aliphatic carbocycles. The van der Waals surface area contributed by atoms with Gasteiger partial charge in [-0.3, -0.25) is 9.69 Å². The van der Waals surface area contributed by atoms with E-state index in [-0.39, 0.29) is 22.5 Å². The molecule has 8 heteroatoms. The molecule has 0 aromatic heterocycles. The Kier molecular flexibility index (Phi) is 2.40. The molecule has 19 heavy (non-hydrogen) atoms. The van der Waals surface area contributed by atoms with Crippen molar-refractivity contribution in [3.8, 4) is 11.5 Å². The molecule has 1 atom stereocenters. The van der Waals surface area contributed by atoms with Crippen molar-refractivity contribution in [1.82, 2.24) is 5.32 Å². The fourth-order valence-corrected chi connectivity index (χ4v) is 2.30. The van der Waals surface area contributed by atoms with Crippen molar-refractivity contribution in [2.24, 2.45) is 0 Å². The van der Waals surface area contributed by atoms with Gasteiger partial charge in [0, 0.05) is 6.07 Å². The lowest BCUT2D eigenvalue weighted by Gasteiger charge is -2.14. The molecule has 0 saturated carbocycles. The van der Waals surface area contributed by atoms with Crippen LogP contribution in [0.2, 0.25) is 0 Å². The number of carbonyl (C=O) groups is 1. The Morgan fingerprint density at radius 3 is 2.68 bits per heavy atom. The lowest BCUT2D eigenvalue weighted by molar-refractivity contribution is -0.286. The maximum Gasteiger partial charge on any atom is 0.586 e. The smallest absolute Gasteiger partial charge is 0.395 e. The third-order valence-electron chi connectivity index (χ3n) is 2.78. The van der Waals surface area contributed by atoms with Crippen molar-refractivity contribution >= 4 is 28.9 Å². The van der Waals surface area contributed by atoms with Crippen LogP contribution in [0.1, 0.15) is 6.92 Å². The monoisotopic (exact) mass is 286 g/mol. The van der Waals surface area contributed by atoms with Crippen LogP contribution < -0.4 is 19.7 Å². The van der Waals surface area contributed by atoms with E-state index in [1.807, 2.05) is 0 Å². The molecule has 1 saturated heterocycles. The van der Waals surface area contributed by atoms with Crippen LogP contribution >= 0.6 is 12.2 Å². The summed E-state index contributed by atoms with van der Waals surface area (Å²) in [6, 6.07) is 3.62. The number of rotatable bonds is 1. The van der Waals surface area contributed by atoms with Gasteiger partial charge in [-0.2, -0.15) is 0 Å². The highest BCUT2D eigenvalue weighted by atomic mass is 32.1. The summed E-state index contributed by atoms with van der Waals surface area (Å²) in [5, 5.41) is 3.01. The van der Waals surface area contributed by atoms with E-state index in [9.17, 15) is 13.6 Å². The van der Waals surface area contributed by atoms with Crippen LogP contribution in [0.5, 0.6) is 11.5 Å². The number of hydrogen-bond donors (Lipinski definition) is 1. The topological polar surface area (TPSA) is 50.8 Å². The molecule has 1 amide bonds. The second kappa shape index (κ2) is 3.77. The van der Waals surface area contributed by atoms with Crippen molar-refractivity contribution in [2.45, 2.75) is 19.3 Å². The summed E-state index contributed by atoms with van der Waals surface area (Å²) in [4.78, 5) is 13.1. The number of amides is 1. The number of benzene rings is 1. The first-order chi connectivity index (χ1) is 8.87. The molecule has 3 rings (SSSR count). The Morgan fingerprint density at radius 1 is 1.37 bits per heavy atom. The summed E-state index contributed by atoms with van der Waals surface area (Å²) < 4.78 is 34.4. The average molecular weight is 286 g/mol. The highest BCUT2D eigenvalue weighted by Crippen LogP contribution is 2.43. The Balaban J connectivity index is 1.97. The van der Waals surface area contributed by atoms with E-state index < -0.39 is 12.3 Å². The van der Waals surface area contributed by atoms with E-state index in [0.717, 1.165) is 0 Å². The van der Waals surface area contributed by atoms with Crippen molar-refractivity contribution in [3.05, 3.63) is 18.2 Å². The Bertz CT molecular complexity index is 593. The van der Waals surface area contributed by atoms with Gasteiger partial charge in [-0.05, 0) is 31.3 Å². The SMILES string of the molecule is CC1NC(=S)N(c2ccc3c(c2)OC(F)(F)O3)C1=O. The summed E-state index contributed by atoms with van der Waals surface area (Å²) in [6.07, 6.45) is -3.68. The molecule has 100 valence electrons. The minimum Gasteiger partial charge on any atom is -0.395 e. The number of thiocarbonyl (C=S) groups is 1. The predicted molar refractivity (Wildman–Crippen MR) is 65.3 cm³/mol. The summed E-state index contributed by atoms with van der Waals surface area (Å²) >= 11 is 5.02. The quantitative estimate of drug-likeness (QED) is 0.795. The zero-order valence-electron chi connectivity index (χ0n) is 9.65. The first kappa shape index (κ1) is 12.1. The molecular formula is C11H8F2N2O3S. The van der Waals surface area contributed by atoms with Gasteiger partial charge in [-0.1, -0.05) is 0 Å². The number of fused-ring (bicyclic) bond motifs is 1. The fraction of sp³-hybridized carbons (Fsp3) is 0.273. The third-order valence-corrected chi connectivity index (χ3v) is 3.08. The molecule has 1 N–H and O–H groups in total. The van der Waals surface area contributed by atoms with Crippen LogP contribution in [0, 0.1) is 0 Å². The molecule has 0 spiro atoms. The van der Waals surface area contributed by atoms with E-state index >= 15 is 0 Å². The molecule has 0 radical (unpaired) electrons. The van der Waals surface area contributed by atoms with Crippen molar-refractivity contribution in [1.29, 1.82) is 0 Å². The molecule has 5 nitrogen and oxygen atoms in total. The van der Waals surface area contributed by atoms with Gasteiger partial charge in [0.25, 0.3) is 5.91 Å². The number of halogens is 2. The van der Waals surface area contributed by atoms with Gasteiger partial charge >= 0.3 is 6.29 Å². The van der Waals surface area contributed by atoms with Crippen LogP contribution in [0.4, 0.5) is 14.5 Å². The van der Waals surface area contributed by atoms with Crippen LogP contribution in [-0.2, 0) is 4.79 Å². The van der Waals surface area contributed by atoms with Gasteiger partial charge in [0.05, 0.1) is 5.69 Å². The fourth-order valence-electron chi connectivity index (χ4n) is 1.93. The number of anilines is 1. The Hall–Kier alpha value is -1.96. The number of nitrogens with one attached hydrogen (secondary N) is 1. The molecule has 0 bridgehead atoms. The van der Waals surface area contributed by atoms with Crippen LogP contribution in [0.15, 0.2) is 18.2 Å². The Labute approximate surface area is 112 Å². The molecular weight excluding hydrogens is 278 g/mol. The third kappa shape index (κ3) is 1.88. The minimum absolute atomic E-state index is 0.0766. The number of carbonyl (C=O) groups excluding carboxylic acids is 1. The van der Waals surface area contributed by atoms with Crippen molar-refractivity contribution in [2.75, 3.05) is 4.90 Å². The maximum atomic E-state index is 12.9. The van der Waals surface area contributed by atoms with Crippen molar-refractivity contribution < 1.29 is 23.0 Å². The lowest BCUT2D eigenvalue weighted by Crippen LogP contribution is -2.30. The largest absolute Gasteiger partial charge is 0.586 e. The normalized spacial score (nSPS) is 23.7. The van der Waals surface area contributed by atoms with Gasteiger partial charge in [0.15, 0.2) is 16.6 Å². The van der Waals surface area contributed by atoms with Gasteiger partial charge in [-0.25, -0.2) is 0 Å². The van der Waals surface area contributed by atoms with Gasteiger partial charge in [0.2, 0.25) is 0 Å². The molecule has 1 aromatic carbocycles. The van der Waals surface area contributed by atoms with E-state index in [2.05, 4.69) is 14.8 Å². The molecule has 2 aliphatic rings. The second-order valence-corrected chi connectivity index (χ2v) is 4.53. The first-order valence-electron chi connectivity index (χ1n) is 5.42. The highest BCUT2D eigenvalue weighted by molar-refractivity contribution is 7.80. The van der Waals surface area contributed by atoms with Crippen LogP contribution in [0.3, 0.4) is 0 Å². The van der Waals surface area contributed by atoms with E-state index in [4.69, 9.17) is 12.2 Å². The number of nitrogens with zero attached hydrogens (tertiary/aromatic N) is 1. The number of hydrogen-bond acceptors (Lipinski definition) is 4. The maximum absolute atomic E-state index is 12.9. The van der Waals surface area contributed by atoms with Gasteiger partial charge in [-0.15, -0.1) is 8.78 Å². The highest BCUT2D eigenvalue weighted by Gasteiger charge is 2.44. The summed E-state index contributed by atoms with van der Waals surface area (Å²) in [5.74, 6) is -0.458. The Morgan fingerprint density at radius 2 is 2.05 bits per heavy atom. The average Bonchev–Trinajstić information content (AvgIpc) is 2.74. The summed E-state index contributed by atoms with van der Waals surface area (Å²) in [7, 11) is 0. The van der Waals surface area contributed by atoms with Crippen molar-refractivity contribution in [3.63, 3.8) is 0 Å². The van der Waals surface area contributed by atoms with E-state index in [0.29, 0.717) is 5.69 Å². The second-order valence-electron chi connectivity index (χ2n) is 4.14. The lowest BCUT2D eigenvalue weighted by atomic mass is 10.2. The molecule has 1 aromatic rings. The molecule has 2 heterocycles. The van der Waals surface area contributed by atoms with Crippen LogP contribution in [-0.4, -0.2) is 23.4 Å².